The summed E-state index contributed by atoms with van der Waals surface area (Å²) in [5.41, 5.74) is 0.924. The molecule has 0 bridgehead atoms. The van der Waals surface area contributed by atoms with Crippen LogP contribution in [0.5, 0.6) is 0 Å². The lowest BCUT2D eigenvalue weighted by Gasteiger charge is -2.25. The van der Waals surface area contributed by atoms with Crippen LogP contribution in [0.15, 0.2) is 53.3 Å². The van der Waals surface area contributed by atoms with E-state index in [4.69, 9.17) is 0 Å². The summed E-state index contributed by atoms with van der Waals surface area (Å²) in [7, 11) is -3.71. The maximum atomic E-state index is 14.4. The van der Waals surface area contributed by atoms with Crippen LogP contribution in [0.3, 0.4) is 0 Å². The van der Waals surface area contributed by atoms with Gasteiger partial charge in [-0.05, 0) is 29.1 Å². The van der Waals surface area contributed by atoms with Crippen molar-refractivity contribution in [2.24, 2.45) is 0 Å². The molecule has 158 valence electrons. The SMILES string of the molecule is O=C(NCc1ccc(-n2ccnc2)c(F)c1)c1sccc1S(=O)(=O)N1CCSCC1. The van der Waals surface area contributed by atoms with E-state index >= 15 is 0 Å². The van der Waals surface area contributed by atoms with Crippen molar-refractivity contribution >= 4 is 39.0 Å². The lowest BCUT2D eigenvalue weighted by Crippen LogP contribution is -2.38. The zero-order chi connectivity index (χ0) is 21.1. The summed E-state index contributed by atoms with van der Waals surface area (Å²) in [5, 5.41) is 4.29. The Morgan fingerprint density at radius 1 is 1.23 bits per heavy atom. The van der Waals surface area contributed by atoms with Crippen molar-refractivity contribution in [2.45, 2.75) is 11.4 Å². The number of carbonyl (C=O) groups is 1. The van der Waals surface area contributed by atoms with Crippen LogP contribution in [0.2, 0.25) is 0 Å². The van der Waals surface area contributed by atoms with Crippen LogP contribution in [0, 0.1) is 5.82 Å². The van der Waals surface area contributed by atoms with Crippen LogP contribution in [0.1, 0.15) is 15.2 Å². The summed E-state index contributed by atoms with van der Waals surface area (Å²) in [4.78, 5) is 16.7. The zero-order valence-corrected chi connectivity index (χ0v) is 18.3. The fraction of sp³-hybridized carbons (Fsp3) is 0.263. The fourth-order valence-electron chi connectivity index (χ4n) is 3.13. The van der Waals surface area contributed by atoms with Crippen molar-refractivity contribution in [1.29, 1.82) is 0 Å². The summed E-state index contributed by atoms with van der Waals surface area (Å²) < 4.78 is 43.2. The predicted molar refractivity (Wildman–Crippen MR) is 115 cm³/mol. The van der Waals surface area contributed by atoms with Gasteiger partial charge in [0.2, 0.25) is 10.0 Å². The average Bonchev–Trinajstić information content (AvgIpc) is 3.45. The van der Waals surface area contributed by atoms with E-state index in [1.54, 1.807) is 46.2 Å². The van der Waals surface area contributed by atoms with Gasteiger partial charge in [-0.2, -0.15) is 16.1 Å². The van der Waals surface area contributed by atoms with Crippen molar-refractivity contribution < 1.29 is 17.6 Å². The van der Waals surface area contributed by atoms with E-state index in [-0.39, 0.29) is 16.3 Å². The van der Waals surface area contributed by atoms with Gasteiger partial charge in [-0.25, -0.2) is 17.8 Å². The molecule has 1 aromatic carbocycles. The van der Waals surface area contributed by atoms with Gasteiger partial charge >= 0.3 is 0 Å². The number of hydrogen-bond donors (Lipinski definition) is 1. The zero-order valence-electron chi connectivity index (χ0n) is 15.8. The predicted octanol–water partition coefficient (Wildman–Crippen LogP) is 2.74. The quantitative estimate of drug-likeness (QED) is 0.604. The smallest absolute Gasteiger partial charge is 0.263 e. The maximum Gasteiger partial charge on any atom is 0.263 e. The first-order valence-corrected chi connectivity index (χ1v) is 12.6. The second-order valence-corrected chi connectivity index (χ2v) is 10.6. The first-order valence-electron chi connectivity index (χ1n) is 9.17. The first kappa shape index (κ1) is 21.0. The molecular weight excluding hydrogens is 447 g/mol. The van der Waals surface area contributed by atoms with Crippen molar-refractivity contribution in [1.82, 2.24) is 19.2 Å². The molecule has 0 saturated carbocycles. The Kier molecular flexibility index (Phi) is 6.23. The van der Waals surface area contributed by atoms with Crippen molar-refractivity contribution in [2.75, 3.05) is 24.6 Å². The van der Waals surface area contributed by atoms with Crippen molar-refractivity contribution in [3.8, 4) is 5.69 Å². The van der Waals surface area contributed by atoms with E-state index < -0.39 is 21.7 Å². The topological polar surface area (TPSA) is 84.3 Å². The number of imidazole rings is 1. The number of rotatable bonds is 6. The highest BCUT2D eigenvalue weighted by atomic mass is 32.2. The molecule has 0 atom stereocenters. The summed E-state index contributed by atoms with van der Waals surface area (Å²) >= 11 is 2.79. The van der Waals surface area contributed by atoms with Crippen LogP contribution in [-0.4, -0.2) is 52.8 Å². The highest BCUT2D eigenvalue weighted by Gasteiger charge is 2.31. The van der Waals surface area contributed by atoms with Gasteiger partial charge < -0.3 is 9.88 Å². The van der Waals surface area contributed by atoms with Gasteiger partial charge in [-0.15, -0.1) is 11.3 Å². The van der Waals surface area contributed by atoms with Crippen LogP contribution in [0.25, 0.3) is 5.69 Å². The molecule has 1 aliphatic heterocycles. The van der Waals surface area contributed by atoms with Crippen LogP contribution < -0.4 is 5.32 Å². The lowest BCUT2D eigenvalue weighted by molar-refractivity contribution is 0.0951. The number of aromatic nitrogens is 2. The Bertz CT molecular complexity index is 1140. The minimum Gasteiger partial charge on any atom is -0.347 e. The highest BCUT2D eigenvalue weighted by molar-refractivity contribution is 7.99. The van der Waals surface area contributed by atoms with Crippen molar-refractivity contribution in [3.63, 3.8) is 0 Å². The highest BCUT2D eigenvalue weighted by Crippen LogP contribution is 2.27. The molecule has 11 heteroatoms. The van der Waals surface area contributed by atoms with Gasteiger partial charge in [0.25, 0.3) is 5.91 Å². The van der Waals surface area contributed by atoms with Gasteiger partial charge in [0, 0.05) is 43.5 Å². The van der Waals surface area contributed by atoms with E-state index in [1.807, 2.05) is 0 Å². The van der Waals surface area contributed by atoms with Gasteiger partial charge in [-0.1, -0.05) is 6.07 Å². The molecule has 1 fully saturated rings. The van der Waals surface area contributed by atoms with Gasteiger partial charge in [0.05, 0.1) is 12.0 Å². The summed E-state index contributed by atoms with van der Waals surface area (Å²) in [6.45, 7) is 0.955. The standard InChI is InChI=1S/C19H19FN4O3S3/c20-15-11-14(1-2-16(15)23-5-4-21-13-23)12-22-19(25)18-17(3-8-29-18)30(26,27)24-6-9-28-10-7-24/h1-5,8,11,13H,6-7,9-10,12H2,(H,22,25). The van der Waals surface area contributed by atoms with E-state index in [0.717, 1.165) is 22.8 Å². The van der Waals surface area contributed by atoms with E-state index in [0.29, 0.717) is 24.3 Å². The van der Waals surface area contributed by atoms with Crippen LogP contribution in [0.4, 0.5) is 4.39 Å². The number of thiophene rings is 1. The molecular formula is C19H19FN4O3S3. The molecule has 0 unspecified atom stereocenters. The van der Waals surface area contributed by atoms with E-state index in [1.165, 1.54) is 22.8 Å². The number of sulfonamides is 1. The van der Waals surface area contributed by atoms with Gasteiger partial charge in [0.15, 0.2) is 0 Å². The second kappa shape index (κ2) is 8.88. The minimum atomic E-state index is -3.71. The number of amides is 1. The number of nitrogens with one attached hydrogen (secondary N) is 1. The Morgan fingerprint density at radius 3 is 2.73 bits per heavy atom. The Balaban J connectivity index is 1.47. The van der Waals surface area contributed by atoms with Gasteiger partial charge in [-0.3, -0.25) is 4.79 Å². The monoisotopic (exact) mass is 466 g/mol. The van der Waals surface area contributed by atoms with Crippen LogP contribution >= 0.6 is 23.1 Å². The normalized spacial score (nSPS) is 15.2. The maximum absolute atomic E-state index is 14.4. The minimum absolute atomic E-state index is 0.0264. The Labute approximate surface area is 182 Å². The number of hydrogen-bond acceptors (Lipinski definition) is 6. The average molecular weight is 467 g/mol. The summed E-state index contributed by atoms with van der Waals surface area (Å²) in [6.07, 6.45) is 4.70. The van der Waals surface area contributed by atoms with Crippen LogP contribution in [-0.2, 0) is 16.6 Å². The van der Waals surface area contributed by atoms with E-state index in [2.05, 4.69) is 10.3 Å². The molecule has 3 heterocycles. The second-order valence-electron chi connectivity index (χ2n) is 6.57. The lowest BCUT2D eigenvalue weighted by atomic mass is 10.2. The third-order valence-electron chi connectivity index (χ3n) is 4.67. The molecule has 2 aromatic heterocycles. The molecule has 30 heavy (non-hydrogen) atoms. The molecule has 0 spiro atoms. The molecule has 1 saturated heterocycles. The molecule has 3 aromatic rings. The molecule has 4 rings (SSSR count). The molecule has 1 N–H and O–H groups in total. The summed E-state index contributed by atoms with van der Waals surface area (Å²) in [6, 6.07) is 6.12. The Hall–Kier alpha value is -2.21. The number of benzene rings is 1. The Morgan fingerprint density at radius 2 is 2.03 bits per heavy atom. The number of thioether (sulfide) groups is 1. The third-order valence-corrected chi connectivity index (χ3v) is 8.60. The van der Waals surface area contributed by atoms with Gasteiger partial charge in [0.1, 0.15) is 15.6 Å². The molecule has 0 radical (unpaired) electrons. The molecule has 0 aliphatic carbocycles. The van der Waals surface area contributed by atoms with Crippen molar-refractivity contribution in [3.05, 3.63) is 64.6 Å². The third kappa shape index (κ3) is 4.29. The number of nitrogens with zero attached hydrogens (tertiary/aromatic N) is 3. The number of halogens is 1. The number of carbonyl (C=O) groups excluding carboxylic acids is 1. The summed E-state index contributed by atoms with van der Waals surface area (Å²) in [5.74, 6) is 0.549. The molecule has 1 aliphatic rings. The first-order chi connectivity index (χ1) is 14.5. The molecule has 7 nitrogen and oxygen atoms in total. The van der Waals surface area contributed by atoms with E-state index in [9.17, 15) is 17.6 Å². The fourth-order valence-corrected chi connectivity index (χ4v) is 7.02. The largest absolute Gasteiger partial charge is 0.347 e. The molecule has 1 amide bonds.